The second-order valence-corrected chi connectivity index (χ2v) is 4.07. The van der Waals surface area contributed by atoms with Crippen molar-refractivity contribution < 1.29 is 9.53 Å². The van der Waals surface area contributed by atoms with E-state index in [1.807, 2.05) is 0 Å². The lowest BCUT2D eigenvalue weighted by Gasteiger charge is -2.05. The summed E-state index contributed by atoms with van der Waals surface area (Å²) < 4.78 is 6.88. The summed E-state index contributed by atoms with van der Waals surface area (Å²) in [7, 11) is 0. The number of nitrogens with zero attached hydrogens (tertiary/aromatic N) is 2. The van der Waals surface area contributed by atoms with Crippen molar-refractivity contribution in [2.45, 2.75) is 19.3 Å². The molecule has 0 unspecified atom stereocenters. The van der Waals surface area contributed by atoms with Crippen molar-refractivity contribution >= 4 is 6.03 Å². The minimum absolute atomic E-state index is 0.139. The van der Waals surface area contributed by atoms with Crippen LogP contribution in [-0.4, -0.2) is 35.3 Å². The Labute approximate surface area is 94.8 Å². The first-order valence-corrected chi connectivity index (χ1v) is 5.70. The molecule has 0 atom stereocenters. The molecule has 0 radical (unpaired) electrons. The minimum Gasteiger partial charge on any atom is -0.381 e. The maximum atomic E-state index is 11.4. The Morgan fingerprint density at radius 2 is 2.44 bits per heavy atom. The number of carbonyl (C=O) groups is 1. The van der Waals surface area contributed by atoms with Crippen LogP contribution >= 0.6 is 0 Å². The molecule has 16 heavy (non-hydrogen) atoms. The van der Waals surface area contributed by atoms with Crippen LogP contribution in [0.25, 0.3) is 0 Å². The van der Waals surface area contributed by atoms with E-state index in [0.29, 0.717) is 6.54 Å². The molecule has 1 aliphatic rings. The number of rotatable bonds is 6. The Bertz CT molecular complexity index is 320. The minimum atomic E-state index is -0.139. The van der Waals surface area contributed by atoms with Crippen molar-refractivity contribution in [1.82, 2.24) is 14.9 Å². The molecule has 2 rings (SSSR count). The molecule has 5 heteroatoms. The van der Waals surface area contributed by atoms with Crippen LogP contribution in [0.15, 0.2) is 18.7 Å². The number of amides is 1. The maximum absolute atomic E-state index is 11.4. The van der Waals surface area contributed by atoms with Gasteiger partial charge < -0.3 is 10.1 Å². The molecule has 1 N–H and O–H groups in total. The van der Waals surface area contributed by atoms with Gasteiger partial charge in [-0.25, -0.2) is 9.78 Å². The molecule has 1 aliphatic carbocycles. The van der Waals surface area contributed by atoms with E-state index >= 15 is 0 Å². The van der Waals surface area contributed by atoms with Gasteiger partial charge in [-0.2, -0.15) is 0 Å². The predicted molar refractivity (Wildman–Crippen MR) is 59.2 cm³/mol. The molecule has 1 aromatic rings. The lowest BCUT2D eigenvalue weighted by Crippen LogP contribution is -2.29. The van der Waals surface area contributed by atoms with Gasteiger partial charge in [0.2, 0.25) is 0 Å². The van der Waals surface area contributed by atoms with Gasteiger partial charge in [0.15, 0.2) is 0 Å². The first kappa shape index (κ1) is 11.1. The second-order valence-electron chi connectivity index (χ2n) is 4.07. The molecular formula is C11H17N3O2. The van der Waals surface area contributed by atoms with Gasteiger partial charge in [0.25, 0.3) is 0 Å². The summed E-state index contributed by atoms with van der Waals surface area (Å²) >= 11 is 0. The molecule has 0 bridgehead atoms. The van der Waals surface area contributed by atoms with Crippen molar-refractivity contribution in [3.05, 3.63) is 18.7 Å². The monoisotopic (exact) mass is 223 g/mol. The number of carbonyl (C=O) groups excluding carboxylic acids is 1. The standard InChI is InChI=1S/C11H17N3O2/c15-11(14-6-5-12-9-14)13-4-1-7-16-8-10-2-3-10/h5-6,9-10H,1-4,7-8H2,(H,13,15). The van der Waals surface area contributed by atoms with Crippen molar-refractivity contribution in [3.8, 4) is 0 Å². The van der Waals surface area contributed by atoms with Gasteiger partial charge in [0.05, 0.1) is 0 Å². The van der Waals surface area contributed by atoms with Crippen molar-refractivity contribution in [2.75, 3.05) is 19.8 Å². The zero-order chi connectivity index (χ0) is 11.2. The largest absolute Gasteiger partial charge is 0.381 e. The summed E-state index contributed by atoms with van der Waals surface area (Å²) in [5.41, 5.74) is 0. The molecule has 1 saturated carbocycles. The number of aromatic nitrogens is 2. The van der Waals surface area contributed by atoms with Crippen molar-refractivity contribution in [2.24, 2.45) is 5.92 Å². The van der Waals surface area contributed by atoms with Crippen LogP contribution in [0.3, 0.4) is 0 Å². The Hall–Kier alpha value is -1.36. The normalized spacial score (nSPS) is 15.0. The van der Waals surface area contributed by atoms with Gasteiger partial charge in [-0.3, -0.25) is 4.57 Å². The number of hydrogen-bond acceptors (Lipinski definition) is 3. The van der Waals surface area contributed by atoms with Gasteiger partial charge in [0.1, 0.15) is 6.33 Å². The first-order chi connectivity index (χ1) is 7.86. The van der Waals surface area contributed by atoms with E-state index in [4.69, 9.17) is 4.74 Å². The third-order valence-electron chi connectivity index (χ3n) is 2.53. The Morgan fingerprint density at radius 1 is 1.56 bits per heavy atom. The molecule has 0 aromatic carbocycles. The molecule has 88 valence electrons. The zero-order valence-corrected chi connectivity index (χ0v) is 9.26. The molecule has 1 heterocycles. The second kappa shape index (κ2) is 5.65. The van der Waals surface area contributed by atoms with Crippen LogP contribution in [0.1, 0.15) is 19.3 Å². The molecule has 1 aromatic heterocycles. The highest BCUT2D eigenvalue weighted by Crippen LogP contribution is 2.28. The average Bonchev–Trinajstić information content (AvgIpc) is 2.95. The molecule has 5 nitrogen and oxygen atoms in total. The lowest BCUT2D eigenvalue weighted by atomic mass is 10.4. The van der Waals surface area contributed by atoms with Crippen LogP contribution in [-0.2, 0) is 4.74 Å². The van der Waals surface area contributed by atoms with E-state index in [2.05, 4.69) is 10.3 Å². The fraction of sp³-hybridized carbons (Fsp3) is 0.636. The molecule has 0 aliphatic heterocycles. The SMILES string of the molecule is O=C(NCCCOCC1CC1)n1ccnc1. The van der Waals surface area contributed by atoms with Gasteiger partial charge in [-0.15, -0.1) is 0 Å². The van der Waals surface area contributed by atoms with Gasteiger partial charge >= 0.3 is 6.03 Å². The summed E-state index contributed by atoms with van der Waals surface area (Å²) in [6.45, 7) is 2.25. The Kier molecular flexibility index (Phi) is 3.93. The number of ether oxygens (including phenoxy) is 1. The van der Waals surface area contributed by atoms with E-state index in [1.54, 1.807) is 12.4 Å². The summed E-state index contributed by atoms with van der Waals surface area (Å²) in [5.74, 6) is 0.806. The summed E-state index contributed by atoms with van der Waals surface area (Å²) in [6, 6.07) is -0.139. The molecular weight excluding hydrogens is 206 g/mol. The highest BCUT2D eigenvalue weighted by molar-refractivity contribution is 5.76. The maximum Gasteiger partial charge on any atom is 0.326 e. The Morgan fingerprint density at radius 3 is 3.12 bits per heavy atom. The van der Waals surface area contributed by atoms with Crippen LogP contribution in [0.5, 0.6) is 0 Å². The van der Waals surface area contributed by atoms with E-state index in [-0.39, 0.29) is 6.03 Å². The molecule has 0 saturated heterocycles. The number of imidazole rings is 1. The fourth-order valence-electron chi connectivity index (χ4n) is 1.37. The number of nitrogens with one attached hydrogen (secondary N) is 1. The molecule has 0 spiro atoms. The van der Waals surface area contributed by atoms with E-state index in [1.165, 1.54) is 23.7 Å². The third-order valence-corrected chi connectivity index (χ3v) is 2.53. The quantitative estimate of drug-likeness (QED) is 0.739. The predicted octanol–water partition coefficient (Wildman–Crippen LogP) is 1.26. The van der Waals surface area contributed by atoms with Gasteiger partial charge in [0, 0.05) is 32.2 Å². The van der Waals surface area contributed by atoms with Crippen LogP contribution in [0.4, 0.5) is 4.79 Å². The van der Waals surface area contributed by atoms with Crippen LogP contribution < -0.4 is 5.32 Å². The van der Waals surface area contributed by atoms with Crippen molar-refractivity contribution in [1.29, 1.82) is 0 Å². The van der Waals surface area contributed by atoms with Gasteiger partial charge in [-0.05, 0) is 25.2 Å². The third kappa shape index (κ3) is 3.66. The van der Waals surface area contributed by atoms with E-state index < -0.39 is 0 Å². The van der Waals surface area contributed by atoms with Crippen LogP contribution in [0.2, 0.25) is 0 Å². The van der Waals surface area contributed by atoms with Crippen molar-refractivity contribution in [3.63, 3.8) is 0 Å². The average molecular weight is 223 g/mol. The summed E-state index contributed by atoms with van der Waals surface area (Å²) in [5, 5.41) is 2.79. The van der Waals surface area contributed by atoms with E-state index in [0.717, 1.165) is 25.6 Å². The topological polar surface area (TPSA) is 56.1 Å². The fourth-order valence-corrected chi connectivity index (χ4v) is 1.37. The highest BCUT2D eigenvalue weighted by Gasteiger charge is 2.20. The summed E-state index contributed by atoms with van der Waals surface area (Å²) in [4.78, 5) is 15.2. The van der Waals surface area contributed by atoms with Gasteiger partial charge in [-0.1, -0.05) is 0 Å². The Balaban J connectivity index is 1.49. The van der Waals surface area contributed by atoms with Crippen LogP contribution in [0, 0.1) is 5.92 Å². The van der Waals surface area contributed by atoms with E-state index in [9.17, 15) is 4.79 Å². The smallest absolute Gasteiger partial charge is 0.326 e. The number of hydrogen-bond donors (Lipinski definition) is 1. The summed E-state index contributed by atoms with van der Waals surface area (Å²) in [6.07, 6.45) is 8.18. The highest BCUT2D eigenvalue weighted by atomic mass is 16.5. The first-order valence-electron chi connectivity index (χ1n) is 5.70. The molecule has 1 fully saturated rings. The molecule has 1 amide bonds. The lowest BCUT2D eigenvalue weighted by molar-refractivity contribution is 0.122. The zero-order valence-electron chi connectivity index (χ0n) is 9.26.